The second kappa shape index (κ2) is 64.7. The third kappa shape index (κ3) is 39.7. The molecule has 7 rings (SSSR count). The van der Waals surface area contributed by atoms with Gasteiger partial charge in [-0.25, -0.2) is 9.78 Å². The molecule has 2 aromatic carbocycles. The van der Waals surface area contributed by atoms with Crippen LogP contribution >= 0.6 is 11.3 Å². The van der Waals surface area contributed by atoms with Crippen molar-refractivity contribution in [2.75, 3.05) is 233 Å². The van der Waals surface area contributed by atoms with Crippen molar-refractivity contribution < 1.29 is 128 Å². The molecule has 1 aromatic heterocycles. The van der Waals surface area contributed by atoms with E-state index >= 15 is 9.59 Å². The molecular formula is C98H158N13O26S+. The fourth-order valence-corrected chi connectivity index (χ4v) is 18.6. The summed E-state index contributed by atoms with van der Waals surface area (Å²) >= 11 is 1.47. The van der Waals surface area contributed by atoms with Crippen molar-refractivity contribution in [3.63, 3.8) is 0 Å². The van der Waals surface area contributed by atoms with Crippen molar-refractivity contribution in [1.82, 2.24) is 51.2 Å². The second-order valence-corrected chi connectivity index (χ2v) is 37.1. The predicted octanol–water partition coefficient (Wildman–Crippen LogP) is 5.32. The largest absolute Gasteiger partial charge is 0.382 e. The number of ether oxygens (including phenoxy) is 15. The summed E-state index contributed by atoms with van der Waals surface area (Å²) in [5.74, 6) is -5.80. The SMILES string of the molecule is CC[C@H](C)[C@@H]([C@@H](CC(=O)N1CCC[C@H]1[C@H](OC)[C@@H](C)C(=O)N[C@@H](Cc1ccccc1)c1nccs1)OC)N(C)C(=O)[C@@H](NC(=O)[C@@H]1[C@H]2CC[C@H](C2)[N+]1(C)Cc1ccc(NC(=O)[C@H](CCCNC(N)=O)NC(=O)[C@@H](NC(=O)CCOCCN2C(=O)C=CC2=O)C(C)C)cc1CN(C)C(=O)CCOCCOCCOCCOCCOCCOCCOCCOCCOCCOCCOCCOC)C(C)C. The molecule has 14 atom stereocenters. The minimum Gasteiger partial charge on any atom is -0.382 e. The number of imide groups is 1. The van der Waals surface area contributed by atoms with Gasteiger partial charge >= 0.3 is 6.03 Å². The number of likely N-dealkylation sites (N-methyl/N-ethyl adjacent to an activating group) is 2. The molecule has 4 aliphatic rings. The van der Waals surface area contributed by atoms with Crippen molar-refractivity contribution >= 4 is 82.1 Å². The van der Waals surface area contributed by atoms with Gasteiger partial charge in [0.25, 0.3) is 17.7 Å². The van der Waals surface area contributed by atoms with Crippen molar-refractivity contribution in [3.8, 4) is 0 Å². The number of nitrogens with one attached hydrogen (secondary N) is 6. The molecule has 1 saturated carbocycles. The molecular weight excluding hydrogens is 1810 g/mol. The lowest BCUT2D eigenvalue weighted by atomic mass is 9.89. The molecule has 12 amide bonds. The standard InChI is InChI=1S/C98H157N13O26S/c1-14-70(6)89(81(124-12)65-86(116)109-34-19-23-80(109)91(125-13)71(7)92(117)104-79(96-100-33-61-138-96)62-72-20-16-15-17-21-72)108(9)97(121)88(69(4)5)106-95(120)90-73-25-27-77(64-73)111(90,10)67-74-24-26-76(102-93(118)78(22-18-32-101-98(99)122)103-94(119)87(68(2)3)105-82(112)30-36-126-38-35-110-84(114)28-29-85(110)115)63-75(74)66-107(8)83(113)31-37-127-41-42-129-45-46-131-49-50-133-53-54-135-57-58-137-60-59-136-56-55-134-52-51-132-48-47-130-44-43-128-40-39-123-11/h15-17,20-21,24,26,28-29,33,61,63,68-71,73,77-81,87-91H,14,18-19,22-23,25,27,30-32,34-60,62,64-67H2,1-13H3,(H7-,99,101,102,103,104,105,106,112,117,118,119,120,122)/p+1/t70-,71+,73-,77+,78-,79-,80-,81+,87-,88-,89-,90-,91+,111?/m0/s1. The summed E-state index contributed by atoms with van der Waals surface area (Å²) in [5, 5.41) is 20.3. The molecule has 0 radical (unpaired) electrons. The number of rotatable bonds is 75. The van der Waals surface area contributed by atoms with Crippen LogP contribution < -0.4 is 37.6 Å². The zero-order valence-corrected chi connectivity index (χ0v) is 84.4. The van der Waals surface area contributed by atoms with Gasteiger partial charge in [0.1, 0.15) is 29.7 Å². The summed E-state index contributed by atoms with van der Waals surface area (Å²) in [4.78, 5) is 164. The van der Waals surface area contributed by atoms with E-state index in [1.807, 2.05) is 76.4 Å². The van der Waals surface area contributed by atoms with Crippen LogP contribution in [0.4, 0.5) is 10.5 Å². The van der Waals surface area contributed by atoms with E-state index in [9.17, 15) is 43.2 Å². The van der Waals surface area contributed by atoms with Crippen molar-refractivity contribution in [3.05, 3.63) is 94.0 Å². The van der Waals surface area contributed by atoms with E-state index in [0.717, 1.165) is 52.4 Å². The van der Waals surface area contributed by atoms with Crippen LogP contribution in [0, 0.1) is 29.6 Å². The molecule has 40 heteroatoms. The molecule has 3 aliphatic heterocycles. The Morgan fingerprint density at radius 3 is 1.68 bits per heavy atom. The second-order valence-electron chi connectivity index (χ2n) is 36.1. The number of piperidine rings is 1. The number of carbonyl (C=O) groups is 11. The number of thiazole rings is 1. The Balaban J connectivity index is 0.951. The molecule has 2 bridgehead atoms. The number of aromatic nitrogens is 1. The third-order valence-electron chi connectivity index (χ3n) is 25.6. The van der Waals surface area contributed by atoms with Gasteiger partial charge in [0.15, 0.2) is 6.04 Å². The number of hydrogen-bond donors (Lipinski definition) is 7. The first kappa shape index (κ1) is 116. The number of urea groups is 1. The molecule has 39 nitrogen and oxygen atoms in total. The fourth-order valence-electron chi connectivity index (χ4n) is 17.9. The predicted molar refractivity (Wildman–Crippen MR) is 515 cm³/mol. The maximum absolute atomic E-state index is 15.7. The molecule has 1 unspecified atom stereocenters. The molecule has 138 heavy (non-hydrogen) atoms. The number of fused-ring (bicyclic) bond motifs is 2. The Morgan fingerprint density at radius 2 is 1.16 bits per heavy atom. The summed E-state index contributed by atoms with van der Waals surface area (Å²) in [7, 11) is 10.2. The minimum atomic E-state index is -1.22. The van der Waals surface area contributed by atoms with Gasteiger partial charge in [-0.1, -0.05) is 91.3 Å². The first-order chi connectivity index (χ1) is 66.5. The minimum absolute atomic E-state index is 0.00869. The van der Waals surface area contributed by atoms with Crippen molar-refractivity contribution in [2.45, 2.75) is 199 Å². The highest BCUT2D eigenvalue weighted by Gasteiger charge is 2.60. The lowest BCUT2D eigenvalue weighted by Crippen LogP contribution is -2.64. The van der Waals surface area contributed by atoms with Crippen LogP contribution in [0.15, 0.2) is 72.3 Å². The average molecular weight is 1970 g/mol. The monoisotopic (exact) mass is 1970 g/mol. The number of benzene rings is 2. The summed E-state index contributed by atoms with van der Waals surface area (Å²) < 4.78 is 84.7. The number of amides is 12. The van der Waals surface area contributed by atoms with Crippen LogP contribution in [0.1, 0.15) is 147 Å². The van der Waals surface area contributed by atoms with Crippen LogP contribution in [0.2, 0.25) is 0 Å². The maximum atomic E-state index is 15.7. The van der Waals surface area contributed by atoms with Crippen molar-refractivity contribution in [1.29, 1.82) is 0 Å². The average Bonchev–Trinajstić information content (AvgIpc) is 1.57. The highest BCUT2D eigenvalue weighted by molar-refractivity contribution is 7.09. The van der Waals surface area contributed by atoms with Gasteiger partial charge in [0.2, 0.25) is 41.4 Å². The zero-order chi connectivity index (χ0) is 100. The number of nitrogens with zero attached hydrogens (tertiary/aromatic N) is 6. The van der Waals surface area contributed by atoms with Gasteiger partial charge in [0.05, 0.1) is 234 Å². The lowest BCUT2D eigenvalue weighted by Gasteiger charge is -2.45. The smallest absolute Gasteiger partial charge is 0.312 e. The van der Waals surface area contributed by atoms with E-state index in [-0.39, 0.29) is 143 Å². The normalized spacial score (nSPS) is 18.8. The van der Waals surface area contributed by atoms with Gasteiger partial charge in [-0.05, 0) is 86.0 Å². The Hall–Kier alpha value is -8.66. The molecule has 4 heterocycles. The number of primary amides is 1. The number of carbonyl (C=O) groups excluding carboxylic acids is 11. The summed E-state index contributed by atoms with van der Waals surface area (Å²) in [6, 6.07) is 9.11. The zero-order valence-electron chi connectivity index (χ0n) is 83.6. The number of anilines is 1. The van der Waals surface area contributed by atoms with Crippen molar-refractivity contribution in [2.24, 2.45) is 35.3 Å². The third-order valence-corrected chi connectivity index (χ3v) is 26.5. The number of hydrogen-bond acceptors (Lipinski definition) is 28. The molecule has 0 spiro atoms. The number of nitrogens with two attached hydrogens (primary N) is 1. The Labute approximate surface area is 818 Å². The molecule has 776 valence electrons. The van der Waals surface area contributed by atoms with Crippen LogP contribution in [-0.2, 0) is 139 Å². The fraction of sp³-hybridized carbons (Fsp3) is 0.714. The van der Waals surface area contributed by atoms with Gasteiger partial charge < -0.3 is 128 Å². The van der Waals surface area contributed by atoms with Gasteiger partial charge in [-0.2, -0.15) is 0 Å². The summed E-state index contributed by atoms with van der Waals surface area (Å²) in [5.41, 5.74) is 8.19. The maximum Gasteiger partial charge on any atom is 0.312 e. The van der Waals surface area contributed by atoms with Crippen LogP contribution in [0.25, 0.3) is 0 Å². The molecule has 8 N–H and O–H groups in total. The van der Waals surface area contributed by atoms with Gasteiger partial charge in [-0.3, -0.25) is 52.8 Å². The highest BCUT2D eigenvalue weighted by atomic mass is 32.1. The number of likely N-dealkylation sites (tertiary alicyclic amines) is 2. The van der Waals surface area contributed by atoms with E-state index in [4.69, 9.17) is 76.8 Å². The molecule has 1 aliphatic carbocycles. The first-order valence-corrected chi connectivity index (χ1v) is 49.7. The van der Waals surface area contributed by atoms with E-state index < -0.39 is 102 Å². The lowest BCUT2D eigenvalue weighted by molar-refractivity contribution is -0.952. The van der Waals surface area contributed by atoms with E-state index in [1.54, 1.807) is 82.3 Å². The van der Waals surface area contributed by atoms with Gasteiger partial charge in [-0.15, -0.1) is 11.3 Å². The number of methoxy groups -OCH3 is 3. The summed E-state index contributed by atoms with van der Waals surface area (Å²) in [6.07, 6.45) is 7.43. The Morgan fingerprint density at radius 1 is 0.609 bits per heavy atom. The van der Waals surface area contributed by atoms with Crippen LogP contribution in [-0.4, -0.2) is 376 Å². The molecule has 3 fully saturated rings. The first-order valence-electron chi connectivity index (χ1n) is 48.8. The molecule has 2 saturated heterocycles. The number of quaternary nitrogens is 1. The Kier molecular flexibility index (Phi) is 54.5. The highest BCUT2D eigenvalue weighted by Crippen LogP contribution is 2.49. The summed E-state index contributed by atoms with van der Waals surface area (Å²) in [6.45, 7) is 23.3. The van der Waals surface area contributed by atoms with E-state index in [1.165, 1.54) is 11.3 Å². The Bertz CT molecular complexity index is 4130. The quantitative estimate of drug-likeness (QED) is 0.0213. The van der Waals surface area contributed by atoms with Gasteiger partial charge in [0, 0.05) is 109 Å². The topological polar surface area (TPSA) is 450 Å². The van der Waals surface area contributed by atoms with E-state index in [0.29, 0.717) is 182 Å². The van der Waals surface area contributed by atoms with Crippen LogP contribution in [0.3, 0.4) is 0 Å². The van der Waals surface area contributed by atoms with E-state index in [2.05, 4.69) is 43.9 Å². The molecule has 3 aromatic rings. The van der Waals surface area contributed by atoms with Crippen LogP contribution in [0.5, 0.6) is 0 Å².